The molecule has 2 aromatic rings. The monoisotopic (exact) mass is 375 g/mol. The van der Waals surface area contributed by atoms with Crippen molar-refractivity contribution in [2.75, 3.05) is 31.3 Å². The summed E-state index contributed by atoms with van der Waals surface area (Å²) in [5.41, 5.74) is 2.03. The van der Waals surface area contributed by atoms with Crippen LogP contribution < -0.4 is 15.4 Å². The van der Waals surface area contributed by atoms with E-state index in [-0.39, 0.29) is 18.4 Å². The molecule has 0 saturated heterocycles. The molecular weight excluding hydrogens is 354 g/mol. The predicted molar refractivity (Wildman–Crippen MR) is 104 cm³/mol. The third-order valence-electron chi connectivity index (χ3n) is 3.61. The van der Waals surface area contributed by atoms with Crippen LogP contribution in [0.15, 0.2) is 42.5 Å². The van der Waals surface area contributed by atoms with Crippen LogP contribution in [0.25, 0.3) is 0 Å². The maximum atomic E-state index is 12.4. The lowest BCUT2D eigenvalue weighted by atomic mass is 10.2. The topological polar surface area (TPSA) is 70.7 Å². The minimum Gasteiger partial charge on any atom is -0.495 e. The molecule has 2 N–H and O–H groups in total. The first-order valence-corrected chi connectivity index (χ1v) is 8.44. The highest BCUT2D eigenvalue weighted by atomic mass is 35.5. The standard InChI is InChI=1S/C19H22ClN3O3/c1-13(24)21-15-8-9-18(26-3)17(10-15)22-19(25)12-23(2)11-14-6-4-5-7-16(14)20/h4-10H,11-12H2,1-3H3,(H,21,24)(H,22,25). The molecule has 0 atom stereocenters. The van der Waals surface area contributed by atoms with E-state index < -0.39 is 0 Å². The fourth-order valence-electron chi connectivity index (χ4n) is 2.49. The summed E-state index contributed by atoms with van der Waals surface area (Å²) >= 11 is 6.15. The van der Waals surface area contributed by atoms with Gasteiger partial charge in [-0.2, -0.15) is 0 Å². The summed E-state index contributed by atoms with van der Waals surface area (Å²) in [5.74, 6) is 0.131. The summed E-state index contributed by atoms with van der Waals surface area (Å²) in [5, 5.41) is 6.17. The number of nitrogens with zero attached hydrogens (tertiary/aromatic N) is 1. The van der Waals surface area contributed by atoms with E-state index in [1.807, 2.05) is 36.2 Å². The van der Waals surface area contributed by atoms with E-state index in [1.165, 1.54) is 14.0 Å². The molecule has 0 aliphatic carbocycles. The van der Waals surface area contributed by atoms with Gasteiger partial charge in [-0.15, -0.1) is 0 Å². The Hall–Kier alpha value is -2.57. The van der Waals surface area contributed by atoms with Crippen molar-refractivity contribution in [3.63, 3.8) is 0 Å². The molecule has 138 valence electrons. The van der Waals surface area contributed by atoms with Gasteiger partial charge in [-0.25, -0.2) is 0 Å². The zero-order valence-corrected chi connectivity index (χ0v) is 15.8. The summed E-state index contributed by atoms with van der Waals surface area (Å²) in [6, 6.07) is 12.6. The summed E-state index contributed by atoms with van der Waals surface area (Å²) in [4.78, 5) is 25.4. The van der Waals surface area contributed by atoms with Crippen LogP contribution in [0.5, 0.6) is 5.75 Å². The molecule has 0 spiro atoms. The summed E-state index contributed by atoms with van der Waals surface area (Å²) in [6.07, 6.45) is 0. The van der Waals surface area contributed by atoms with Crippen molar-refractivity contribution in [1.82, 2.24) is 4.90 Å². The Balaban J connectivity index is 2.02. The van der Waals surface area contributed by atoms with Gasteiger partial charge in [0.05, 0.1) is 19.3 Å². The molecule has 0 aromatic heterocycles. The number of hydrogen-bond donors (Lipinski definition) is 2. The summed E-state index contributed by atoms with van der Waals surface area (Å²) in [6.45, 7) is 2.15. The van der Waals surface area contributed by atoms with Gasteiger partial charge in [-0.3, -0.25) is 14.5 Å². The number of nitrogens with one attached hydrogen (secondary N) is 2. The fraction of sp³-hybridized carbons (Fsp3) is 0.263. The molecule has 0 heterocycles. The van der Waals surface area contributed by atoms with Crippen LogP contribution in [0.3, 0.4) is 0 Å². The molecule has 0 aliphatic heterocycles. The minimum atomic E-state index is -0.196. The van der Waals surface area contributed by atoms with Crippen molar-refractivity contribution in [2.45, 2.75) is 13.5 Å². The van der Waals surface area contributed by atoms with Gasteiger partial charge in [-0.05, 0) is 36.9 Å². The third-order valence-corrected chi connectivity index (χ3v) is 3.97. The number of likely N-dealkylation sites (N-methyl/N-ethyl adjacent to an activating group) is 1. The Bertz CT molecular complexity index is 795. The van der Waals surface area contributed by atoms with Crippen molar-refractivity contribution in [3.05, 3.63) is 53.1 Å². The van der Waals surface area contributed by atoms with Crippen molar-refractivity contribution < 1.29 is 14.3 Å². The van der Waals surface area contributed by atoms with E-state index in [0.29, 0.717) is 28.7 Å². The van der Waals surface area contributed by atoms with Crippen molar-refractivity contribution in [2.24, 2.45) is 0 Å². The fourth-order valence-corrected chi connectivity index (χ4v) is 2.69. The van der Waals surface area contributed by atoms with Gasteiger partial charge in [0.15, 0.2) is 0 Å². The highest BCUT2D eigenvalue weighted by Gasteiger charge is 2.12. The molecule has 0 fully saturated rings. The largest absolute Gasteiger partial charge is 0.495 e. The normalized spacial score (nSPS) is 10.5. The lowest BCUT2D eigenvalue weighted by Gasteiger charge is -2.18. The second-order valence-electron chi connectivity index (χ2n) is 5.91. The highest BCUT2D eigenvalue weighted by molar-refractivity contribution is 6.31. The van der Waals surface area contributed by atoms with Gasteiger partial charge in [-0.1, -0.05) is 29.8 Å². The van der Waals surface area contributed by atoms with Crippen LogP contribution in [0.2, 0.25) is 5.02 Å². The number of ether oxygens (including phenoxy) is 1. The number of methoxy groups -OCH3 is 1. The average Bonchev–Trinajstić information content (AvgIpc) is 2.56. The Morgan fingerprint density at radius 1 is 1.15 bits per heavy atom. The van der Waals surface area contributed by atoms with Crippen LogP contribution in [-0.4, -0.2) is 37.4 Å². The van der Waals surface area contributed by atoms with Crippen LogP contribution >= 0.6 is 11.6 Å². The van der Waals surface area contributed by atoms with E-state index in [2.05, 4.69) is 10.6 Å². The number of hydrogen-bond acceptors (Lipinski definition) is 4. The molecule has 0 saturated carbocycles. The Kier molecular flexibility index (Phi) is 7.00. The quantitative estimate of drug-likeness (QED) is 0.778. The van der Waals surface area contributed by atoms with E-state index in [0.717, 1.165) is 5.56 Å². The lowest BCUT2D eigenvalue weighted by molar-refractivity contribution is -0.117. The number of carbonyl (C=O) groups is 2. The maximum absolute atomic E-state index is 12.4. The Morgan fingerprint density at radius 3 is 2.54 bits per heavy atom. The molecule has 6 nitrogen and oxygen atoms in total. The van der Waals surface area contributed by atoms with E-state index >= 15 is 0 Å². The van der Waals surface area contributed by atoms with E-state index in [9.17, 15) is 9.59 Å². The average molecular weight is 376 g/mol. The molecule has 26 heavy (non-hydrogen) atoms. The van der Waals surface area contributed by atoms with E-state index in [4.69, 9.17) is 16.3 Å². The minimum absolute atomic E-state index is 0.179. The molecule has 0 radical (unpaired) electrons. The molecule has 0 bridgehead atoms. The van der Waals surface area contributed by atoms with Crippen LogP contribution in [-0.2, 0) is 16.1 Å². The first-order valence-electron chi connectivity index (χ1n) is 8.06. The molecule has 0 aliphatic rings. The van der Waals surface area contributed by atoms with Gasteiger partial charge in [0.2, 0.25) is 11.8 Å². The van der Waals surface area contributed by atoms with Gasteiger partial charge in [0.25, 0.3) is 0 Å². The van der Waals surface area contributed by atoms with Gasteiger partial charge in [0, 0.05) is 24.2 Å². The van der Waals surface area contributed by atoms with Crippen LogP contribution in [0.4, 0.5) is 11.4 Å². The van der Waals surface area contributed by atoms with Crippen LogP contribution in [0.1, 0.15) is 12.5 Å². The lowest BCUT2D eigenvalue weighted by Crippen LogP contribution is -2.30. The zero-order chi connectivity index (χ0) is 19.1. The third kappa shape index (κ3) is 5.75. The van der Waals surface area contributed by atoms with Gasteiger partial charge in [0.1, 0.15) is 5.75 Å². The molecule has 0 unspecified atom stereocenters. The SMILES string of the molecule is COc1ccc(NC(C)=O)cc1NC(=O)CN(C)Cc1ccccc1Cl. The number of halogens is 1. The highest BCUT2D eigenvalue weighted by Crippen LogP contribution is 2.28. The number of rotatable bonds is 7. The van der Waals surface area contributed by atoms with Gasteiger partial charge < -0.3 is 15.4 Å². The molecule has 2 amide bonds. The smallest absolute Gasteiger partial charge is 0.238 e. The second-order valence-corrected chi connectivity index (χ2v) is 6.32. The second kappa shape index (κ2) is 9.22. The van der Waals surface area contributed by atoms with Crippen molar-refractivity contribution in [1.29, 1.82) is 0 Å². The predicted octanol–water partition coefficient (Wildman–Crippen LogP) is 3.38. The van der Waals surface area contributed by atoms with Crippen LogP contribution in [0, 0.1) is 0 Å². The summed E-state index contributed by atoms with van der Waals surface area (Å²) < 4.78 is 5.26. The Labute approximate surface area is 158 Å². The molecule has 2 aromatic carbocycles. The zero-order valence-electron chi connectivity index (χ0n) is 15.0. The number of amides is 2. The number of benzene rings is 2. The Morgan fingerprint density at radius 2 is 1.88 bits per heavy atom. The number of anilines is 2. The molecular formula is C19H22ClN3O3. The number of carbonyl (C=O) groups excluding carboxylic acids is 2. The first kappa shape index (κ1) is 19.8. The summed E-state index contributed by atoms with van der Waals surface area (Å²) in [7, 11) is 3.36. The molecule has 7 heteroatoms. The first-order chi connectivity index (χ1) is 12.4. The van der Waals surface area contributed by atoms with Gasteiger partial charge >= 0.3 is 0 Å². The maximum Gasteiger partial charge on any atom is 0.238 e. The molecule has 2 rings (SSSR count). The van der Waals surface area contributed by atoms with Crippen molar-refractivity contribution in [3.8, 4) is 5.75 Å². The van der Waals surface area contributed by atoms with E-state index in [1.54, 1.807) is 18.2 Å². The van der Waals surface area contributed by atoms with Crippen molar-refractivity contribution >= 4 is 34.8 Å².